The molecule has 1 saturated carbocycles. The zero-order valence-corrected chi connectivity index (χ0v) is 21.4. The fraction of sp³-hybridized carbons (Fsp3) is 0.429. The number of carbonyl (C=O) groups excluding carboxylic acids is 2. The molecule has 3 N–H and O–H groups in total. The molecule has 3 aliphatic rings. The van der Waals surface area contributed by atoms with E-state index in [1.807, 2.05) is 0 Å². The topological polar surface area (TPSA) is 121 Å². The number of rotatable bonds is 5. The van der Waals surface area contributed by atoms with Crippen LogP contribution < -0.4 is 15.8 Å². The molecule has 39 heavy (non-hydrogen) atoms. The zero-order chi connectivity index (χ0) is 28.1. The molecule has 2 unspecified atom stereocenters. The summed E-state index contributed by atoms with van der Waals surface area (Å²) in [5.41, 5.74) is 7.21. The second kappa shape index (κ2) is 9.59. The minimum absolute atomic E-state index is 0.0445. The van der Waals surface area contributed by atoms with Gasteiger partial charge in [0, 0.05) is 17.9 Å². The fourth-order valence-corrected chi connectivity index (χ4v) is 5.53. The highest BCUT2D eigenvalue weighted by atomic mass is 19.4. The van der Waals surface area contributed by atoms with Crippen LogP contribution in [-0.2, 0) is 9.59 Å². The van der Waals surface area contributed by atoms with Crippen LogP contribution in [0.15, 0.2) is 53.5 Å². The third kappa shape index (κ3) is 5.28. The van der Waals surface area contributed by atoms with Crippen LogP contribution in [0.4, 0.5) is 13.2 Å². The molecule has 2 aromatic carbocycles. The van der Waals surface area contributed by atoms with Crippen molar-refractivity contribution in [2.45, 2.75) is 63.0 Å². The highest BCUT2D eigenvalue weighted by molar-refractivity contribution is 5.99. The maximum atomic E-state index is 13.5. The Bertz CT molecular complexity index is 1370. The molecule has 0 bridgehead atoms. The van der Waals surface area contributed by atoms with E-state index in [1.54, 1.807) is 56.3 Å². The van der Waals surface area contributed by atoms with Crippen molar-refractivity contribution in [3.63, 3.8) is 0 Å². The summed E-state index contributed by atoms with van der Waals surface area (Å²) in [4.78, 5) is 32.5. The normalized spacial score (nSPS) is 26.4. The van der Waals surface area contributed by atoms with Crippen molar-refractivity contribution in [2.24, 2.45) is 22.6 Å². The van der Waals surface area contributed by atoms with Crippen LogP contribution in [0.5, 0.6) is 5.75 Å². The molecule has 11 heteroatoms. The first-order valence-electron chi connectivity index (χ1n) is 12.7. The Labute approximate surface area is 223 Å². The lowest BCUT2D eigenvalue weighted by Crippen LogP contribution is -2.52. The van der Waals surface area contributed by atoms with E-state index in [4.69, 9.17) is 10.5 Å². The lowest BCUT2D eigenvalue weighted by Gasteiger charge is -2.38. The number of nitriles is 1. The predicted octanol–water partition coefficient (Wildman–Crippen LogP) is 4.13. The second-order valence-corrected chi connectivity index (χ2v) is 10.9. The Morgan fingerprint density at radius 2 is 1.90 bits per heavy atom. The SMILES string of the molecule is CC1(C)CC(=O)N([C@H](c2ccc(C#N)cc2)C2C[C@H]2C(=O)N[C@H]2CC(C(F)(F)F)Oc3ccccc32)C(N)=N1. The van der Waals surface area contributed by atoms with Gasteiger partial charge in [0.15, 0.2) is 12.1 Å². The van der Waals surface area contributed by atoms with Crippen molar-refractivity contribution in [1.82, 2.24) is 10.2 Å². The van der Waals surface area contributed by atoms with E-state index in [2.05, 4.69) is 16.4 Å². The Kier molecular flexibility index (Phi) is 6.53. The number of hydrogen-bond acceptors (Lipinski definition) is 6. The molecule has 5 atom stereocenters. The molecule has 204 valence electrons. The predicted molar refractivity (Wildman–Crippen MR) is 135 cm³/mol. The van der Waals surface area contributed by atoms with Crippen LogP contribution in [0.1, 0.15) is 61.9 Å². The van der Waals surface area contributed by atoms with Gasteiger partial charge in [-0.3, -0.25) is 14.5 Å². The van der Waals surface area contributed by atoms with Gasteiger partial charge in [-0.05, 0) is 49.9 Å². The van der Waals surface area contributed by atoms with Crippen LogP contribution in [0.25, 0.3) is 0 Å². The van der Waals surface area contributed by atoms with Crippen molar-refractivity contribution in [2.75, 3.05) is 0 Å². The van der Waals surface area contributed by atoms with Crippen molar-refractivity contribution >= 4 is 17.8 Å². The first-order valence-corrected chi connectivity index (χ1v) is 12.7. The quantitative estimate of drug-likeness (QED) is 0.592. The summed E-state index contributed by atoms with van der Waals surface area (Å²) in [5, 5.41) is 12.0. The number of ether oxygens (including phenoxy) is 1. The maximum absolute atomic E-state index is 13.5. The highest BCUT2D eigenvalue weighted by Crippen LogP contribution is 2.52. The lowest BCUT2D eigenvalue weighted by molar-refractivity contribution is -0.201. The zero-order valence-electron chi connectivity index (χ0n) is 21.4. The van der Waals surface area contributed by atoms with Gasteiger partial charge in [0.1, 0.15) is 5.75 Å². The number of aliphatic imine (C=N–C) groups is 1. The molecule has 2 aliphatic heterocycles. The van der Waals surface area contributed by atoms with Gasteiger partial charge in [-0.15, -0.1) is 0 Å². The van der Waals surface area contributed by atoms with Gasteiger partial charge in [-0.2, -0.15) is 18.4 Å². The summed E-state index contributed by atoms with van der Waals surface area (Å²) < 4.78 is 45.8. The highest BCUT2D eigenvalue weighted by Gasteiger charge is 2.54. The average Bonchev–Trinajstić information content (AvgIpc) is 3.66. The molecule has 0 saturated heterocycles. The van der Waals surface area contributed by atoms with Gasteiger partial charge < -0.3 is 15.8 Å². The number of nitrogens with zero attached hydrogens (tertiary/aromatic N) is 3. The third-order valence-electron chi connectivity index (χ3n) is 7.45. The van der Waals surface area contributed by atoms with Gasteiger partial charge >= 0.3 is 6.18 Å². The Hall–Kier alpha value is -4.07. The maximum Gasteiger partial charge on any atom is 0.425 e. The molecular formula is C28H28F3N5O3. The number of carbonyl (C=O) groups is 2. The number of fused-ring (bicyclic) bond motifs is 1. The van der Waals surface area contributed by atoms with E-state index < -0.39 is 48.1 Å². The second-order valence-electron chi connectivity index (χ2n) is 10.9. The average molecular weight is 540 g/mol. The molecule has 5 rings (SSSR count). The molecule has 1 aliphatic carbocycles. The van der Waals surface area contributed by atoms with Crippen LogP contribution in [-0.4, -0.2) is 40.5 Å². The standard InChI is InChI=1S/C28H28F3N5O3/c1-27(2)13-23(37)36(26(33)35-27)24(16-9-7-15(14-32)8-10-16)18-11-19(18)25(38)34-20-12-22(28(29,30)31)39-21-6-4-3-5-17(20)21/h3-10,18-20,22,24H,11-13H2,1-2H3,(H2,33,35)(H,34,38)/t18?,19-,20+,22?,24-/m1/s1. The van der Waals surface area contributed by atoms with Crippen molar-refractivity contribution in [3.05, 3.63) is 65.2 Å². The van der Waals surface area contributed by atoms with E-state index >= 15 is 0 Å². The van der Waals surface area contributed by atoms with Crippen LogP contribution >= 0.6 is 0 Å². The summed E-state index contributed by atoms with van der Waals surface area (Å²) in [7, 11) is 0. The van der Waals surface area contributed by atoms with Crippen molar-refractivity contribution in [3.8, 4) is 11.8 Å². The van der Waals surface area contributed by atoms with Crippen LogP contribution in [0.3, 0.4) is 0 Å². The minimum Gasteiger partial charge on any atom is -0.480 e. The number of hydrogen-bond donors (Lipinski definition) is 2. The number of nitrogens with one attached hydrogen (secondary N) is 1. The Morgan fingerprint density at radius 1 is 1.21 bits per heavy atom. The minimum atomic E-state index is -4.58. The van der Waals surface area contributed by atoms with Crippen molar-refractivity contribution in [1.29, 1.82) is 5.26 Å². The van der Waals surface area contributed by atoms with E-state index in [9.17, 15) is 28.0 Å². The van der Waals surface area contributed by atoms with Gasteiger partial charge in [-0.1, -0.05) is 30.3 Å². The summed E-state index contributed by atoms with van der Waals surface area (Å²) >= 11 is 0. The van der Waals surface area contributed by atoms with Crippen LogP contribution in [0, 0.1) is 23.2 Å². The number of alkyl halides is 3. The van der Waals surface area contributed by atoms with Gasteiger partial charge in [0.05, 0.1) is 35.7 Å². The number of para-hydroxylation sites is 1. The molecule has 0 aromatic heterocycles. The summed E-state index contributed by atoms with van der Waals surface area (Å²) in [6, 6.07) is 13.6. The Balaban J connectivity index is 1.41. The van der Waals surface area contributed by atoms with Crippen molar-refractivity contribution < 1.29 is 27.5 Å². The number of nitrogens with two attached hydrogens (primary N) is 1. The number of amides is 2. The number of halogens is 3. The van der Waals surface area contributed by atoms with E-state index in [-0.39, 0.29) is 30.0 Å². The fourth-order valence-electron chi connectivity index (χ4n) is 5.53. The third-order valence-corrected chi connectivity index (χ3v) is 7.45. The summed E-state index contributed by atoms with van der Waals surface area (Å²) in [5.74, 6) is -1.40. The molecule has 2 amide bonds. The van der Waals surface area contributed by atoms with E-state index in [1.165, 1.54) is 11.0 Å². The molecular weight excluding hydrogens is 511 g/mol. The summed E-state index contributed by atoms with van der Waals surface area (Å²) in [6.07, 6.45) is -6.53. The van der Waals surface area contributed by atoms with Gasteiger partial charge in [-0.25, -0.2) is 4.99 Å². The lowest BCUT2D eigenvalue weighted by atomic mass is 9.93. The first-order chi connectivity index (χ1) is 18.4. The molecule has 1 fully saturated rings. The van der Waals surface area contributed by atoms with Crippen LogP contribution in [0.2, 0.25) is 0 Å². The monoisotopic (exact) mass is 539 g/mol. The van der Waals surface area contributed by atoms with Gasteiger partial charge in [0.2, 0.25) is 11.8 Å². The molecule has 8 nitrogen and oxygen atoms in total. The molecule has 2 aromatic rings. The molecule has 2 heterocycles. The Morgan fingerprint density at radius 3 is 2.54 bits per heavy atom. The largest absolute Gasteiger partial charge is 0.480 e. The van der Waals surface area contributed by atoms with Gasteiger partial charge in [0.25, 0.3) is 0 Å². The molecule has 0 radical (unpaired) electrons. The van der Waals surface area contributed by atoms with E-state index in [0.29, 0.717) is 23.1 Å². The summed E-state index contributed by atoms with van der Waals surface area (Å²) in [6.45, 7) is 3.61. The number of guanidine groups is 1. The molecule has 0 spiro atoms. The number of benzene rings is 2. The smallest absolute Gasteiger partial charge is 0.425 e. The first kappa shape index (κ1) is 26.5. The van der Waals surface area contributed by atoms with E-state index in [0.717, 1.165) is 0 Å².